The molecular weight excluding hydrogens is 220 g/mol. The highest BCUT2D eigenvalue weighted by atomic mass is 32.1. The number of hydrogen-bond donors (Lipinski definition) is 0. The molecule has 4 heteroatoms. The fourth-order valence-electron chi connectivity index (χ4n) is 1.42. The zero-order chi connectivity index (χ0) is 10.8. The van der Waals surface area contributed by atoms with Crippen LogP contribution < -0.4 is 0 Å². The minimum Gasteiger partial charge on any atom is -0.463 e. The number of hydrogen-bond acceptors (Lipinski definition) is 4. The molecule has 3 heterocycles. The summed E-state index contributed by atoms with van der Waals surface area (Å²) in [5, 5.41) is 3.15. The van der Waals surface area contributed by atoms with E-state index >= 15 is 0 Å². The van der Waals surface area contributed by atoms with Crippen molar-refractivity contribution in [1.82, 2.24) is 4.98 Å². The van der Waals surface area contributed by atoms with E-state index in [1.54, 1.807) is 30.0 Å². The van der Waals surface area contributed by atoms with Gasteiger partial charge < -0.3 is 4.42 Å². The Hall–Kier alpha value is -1.94. The number of aromatic nitrogens is 1. The van der Waals surface area contributed by atoms with Gasteiger partial charge in [-0.25, -0.2) is 4.98 Å². The molecule has 0 radical (unpaired) electrons. The van der Waals surface area contributed by atoms with Crippen molar-refractivity contribution in [2.45, 2.75) is 0 Å². The van der Waals surface area contributed by atoms with Crippen molar-refractivity contribution in [2.75, 3.05) is 0 Å². The van der Waals surface area contributed by atoms with Crippen LogP contribution in [0.15, 0.2) is 51.5 Å². The summed E-state index contributed by atoms with van der Waals surface area (Å²) in [4.78, 5) is 9.66. The van der Waals surface area contributed by atoms with Crippen LogP contribution in [0.4, 0.5) is 5.69 Å². The monoisotopic (exact) mass is 228 g/mol. The number of thiophene rings is 1. The lowest BCUT2D eigenvalue weighted by Gasteiger charge is -1.92. The van der Waals surface area contributed by atoms with Crippen molar-refractivity contribution in [3.05, 3.63) is 47.9 Å². The number of rotatable bonds is 2. The van der Waals surface area contributed by atoms with Crippen LogP contribution in [0.3, 0.4) is 0 Å². The molecule has 0 saturated carbocycles. The third kappa shape index (κ3) is 1.75. The Bertz CT molecular complexity index is 625. The SMILES string of the molecule is C(=Nc1cnc2sccc2c1)c1ccco1. The van der Waals surface area contributed by atoms with E-state index in [2.05, 4.69) is 9.98 Å². The molecule has 0 atom stereocenters. The van der Waals surface area contributed by atoms with Crippen LogP contribution >= 0.6 is 11.3 Å². The van der Waals surface area contributed by atoms with Gasteiger partial charge in [0.05, 0.1) is 24.4 Å². The molecule has 0 aromatic carbocycles. The summed E-state index contributed by atoms with van der Waals surface area (Å²) < 4.78 is 5.16. The molecule has 0 unspecified atom stereocenters. The smallest absolute Gasteiger partial charge is 0.144 e. The molecule has 3 nitrogen and oxygen atoms in total. The zero-order valence-corrected chi connectivity index (χ0v) is 9.15. The van der Waals surface area contributed by atoms with E-state index in [0.29, 0.717) is 0 Å². The number of furan rings is 1. The third-order valence-corrected chi connectivity index (χ3v) is 3.01. The van der Waals surface area contributed by atoms with Crippen LogP contribution in [0.1, 0.15) is 5.76 Å². The number of fused-ring (bicyclic) bond motifs is 1. The lowest BCUT2D eigenvalue weighted by atomic mass is 10.3. The van der Waals surface area contributed by atoms with Crippen LogP contribution in [0.2, 0.25) is 0 Å². The minimum atomic E-state index is 0.741. The molecule has 0 spiro atoms. The van der Waals surface area contributed by atoms with Gasteiger partial charge >= 0.3 is 0 Å². The lowest BCUT2D eigenvalue weighted by molar-refractivity contribution is 0.560. The molecule has 0 aliphatic rings. The molecule has 0 amide bonds. The highest BCUT2D eigenvalue weighted by molar-refractivity contribution is 7.16. The van der Waals surface area contributed by atoms with Gasteiger partial charge in [0.15, 0.2) is 0 Å². The Morgan fingerprint density at radius 1 is 1.38 bits per heavy atom. The molecule has 78 valence electrons. The summed E-state index contributed by atoms with van der Waals surface area (Å²) >= 11 is 1.63. The van der Waals surface area contributed by atoms with Crippen LogP contribution in [0, 0.1) is 0 Å². The van der Waals surface area contributed by atoms with Gasteiger partial charge in [0.1, 0.15) is 10.6 Å². The van der Waals surface area contributed by atoms with Crippen LogP contribution in [-0.2, 0) is 0 Å². The predicted octanol–water partition coefficient (Wildman–Crippen LogP) is 3.64. The fraction of sp³-hybridized carbons (Fsp3) is 0. The first kappa shape index (κ1) is 9.30. The number of nitrogens with zero attached hydrogens (tertiary/aromatic N) is 2. The first-order valence-electron chi connectivity index (χ1n) is 4.83. The van der Waals surface area contributed by atoms with E-state index in [9.17, 15) is 0 Å². The molecule has 0 aliphatic heterocycles. The number of aliphatic imine (C=N–C) groups is 1. The van der Waals surface area contributed by atoms with E-state index in [-0.39, 0.29) is 0 Å². The highest BCUT2D eigenvalue weighted by Gasteiger charge is 1.97. The molecule has 0 aliphatic carbocycles. The standard InChI is InChI=1S/C12H8N2OS/c1-2-11(15-4-1)8-13-10-6-9-3-5-16-12(9)14-7-10/h1-8H. The van der Waals surface area contributed by atoms with Gasteiger partial charge in [-0.1, -0.05) is 0 Å². The summed E-state index contributed by atoms with van der Waals surface area (Å²) in [5.41, 5.74) is 0.835. The van der Waals surface area contributed by atoms with Crippen molar-refractivity contribution in [3.63, 3.8) is 0 Å². The second kappa shape index (κ2) is 3.90. The summed E-state index contributed by atoms with van der Waals surface area (Å²) in [5.74, 6) is 0.741. The molecule has 0 bridgehead atoms. The van der Waals surface area contributed by atoms with Crippen molar-refractivity contribution >= 4 is 33.5 Å². The van der Waals surface area contributed by atoms with E-state index in [4.69, 9.17) is 4.42 Å². The van der Waals surface area contributed by atoms with Crippen LogP contribution in [0.25, 0.3) is 10.2 Å². The normalized spacial score (nSPS) is 11.5. The quantitative estimate of drug-likeness (QED) is 0.628. The molecule has 16 heavy (non-hydrogen) atoms. The molecule has 0 saturated heterocycles. The molecule has 3 aromatic rings. The van der Waals surface area contributed by atoms with Gasteiger partial charge in [0, 0.05) is 5.39 Å². The van der Waals surface area contributed by atoms with Gasteiger partial charge in [0.25, 0.3) is 0 Å². The Kier molecular flexibility index (Phi) is 2.27. The Labute approximate surface area is 96.1 Å². The summed E-state index contributed by atoms with van der Waals surface area (Å²) in [7, 11) is 0. The summed E-state index contributed by atoms with van der Waals surface area (Å²) in [6, 6.07) is 7.75. The first-order valence-corrected chi connectivity index (χ1v) is 5.70. The predicted molar refractivity (Wildman–Crippen MR) is 65.6 cm³/mol. The van der Waals surface area contributed by atoms with E-state index in [1.807, 2.05) is 29.6 Å². The van der Waals surface area contributed by atoms with Crippen molar-refractivity contribution < 1.29 is 4.42 Å². The van der Waals surface area contributed by atoms with E-state index < -0.39 is 0 Å². The lowest BCUT2D eigenvalue weighted by Crippen LogP contribution is -1.75. The summed E-state index contributed by atoms with van der Waals surface area (Å²) in [6.45, 7) is 0. The zero-order valence-electron chi connectivity index (χ0n) is 8.33. The second-order valence-electron chi connectivity index (χ2n) is 3.28. The Morgan fingerprint density at radius 2 is 2.38 bits per heavy atom. The second-order valence-corrected chi connectivity index (χ2v) is 4.18. The average Bonchev–Trinajstić information content (AvgIpc) is 2.97. The van der Waals surface area contributed by atoms with Gasteiger partial charge in [0.2, 0.25) is 0 Å². The minimum absolute atomic E-state index is 0.741. The largest absolute Gasteiger partial charge is 0.463 e. The Balaban J connectivity index is 1.94. The van der Waals surface area contributed by atoms with Gasteiger partial charge in [-0.15, -0.1) is 11.3 Å². The maximum Gasteiger partial charge on any atom is 0.144 e. The maximum atomic E-state index is 5.16. The number of pyridine rings is 1. The van der Waals surface area contributed by atoms with Crippen molar-refractivity contribution in [2.24, 2.45) is 4.99 Å². The molecule has 3 rings (SSSR count). The van der Waals surface area contributed by atoms with Gasteiger partial charge in [-0.2, -0.15) is 0 Å². The molecular formula is C12H8N2OS. The van der Waals surface area contributed by atoms with E-state index in [0.717, 1.165) is 21.7 Å². The third-order valence-electron chi connectivity index (χ3n) is 2.18. The average molecular weight is 228 g/mol. The maximum absolute atomic E-state index is 5.16. The fourth-order valence-corrected chi connectivity index (χ4v) is 2.14. The molecule has 0 N–H and O–H groups in total. The first-order chi connectivity index (χ1) is 7.92. The van der Waals surface area contributed by atoms with Gasteiger partial charge in [-0.3, -0.25) is 4.99 Å². The van der Waals surface area contributed by atoms with Crippen LogP contribution in [0.5, 0.6) is 0 Å². The topological polar surface area (TPSA) is 38.4 Å². The van der Waals surface area contributed by atoms with Crippen molar-refractivity contribution in [1.29, 1.82) is 0 Å². The van der Waals surface area contributed by atoms with Crippen LogP contribution in [-0.4, -0.2) is 11.2 Å². The molecule has 0 fully saturated rings. The summed E-state index contributed by atoms with van der Waals surface area (Å²) in [6.07, 6.45) is 5.08. The van der Waals surface area contributed by atoms with Gasteiger partial charge in [-0.05, 0) is 29.6 Å². The van der Waals surface area contributed by atoms with E-state index in [1.165, 1.54) is 0 Å². The van der Waals surface area contributed by atoms with Crippen molar-refractivity contribution in [3.8, 4) is 0 Å². The Morgan fingerprint density at radius 3 is 3.25 bits per heavy atom. The molecule has 3 aromatic heterocycles. The highest BCUT2D eigenvalue weighted by Crippen LogP contribution is 2.22.